The molecule has 1 aromatic carbocycles. The monoisotopic (exact) mass is 385 g/mol. The van der Waals surface area contributed by atoms with Crippen LogP contribution in [0.1, 0.15) is 43.0 Å². The minimum absolute atomic E-state index is 0.0715. The molecule has 1 fully saturated rings. The van der Waals surface area contributed by atoms with Crippen molar-refractivity contribution >= 4 is 35.0 Å². The third-order valence-electron chi connectivity index (χ3n) is 4.47. The van der Waals surface area contributed by atoms with Gasteiger partial charge in [0.2, 0.25) is 5.91 Å². The average Bonchev–Trinajstić information content (AvgIpc) is 2.58. The Morgan fingerprint density at radius 2 is 2.04 bits per heavy atom. The molecule has 7 heteroatoms. The van der Waals surface area contributed by atoms with E-state index in [0.29, 0.717) is 23.2 Å². The van der Waals surface area contributed by atoms with Gasteiger partial charge in [0.25, 0.3) is 5.91 Å². The molecule has 138 valence electrons. The maximum Gasteiger partial charge on any atom is 0.253 e. The van der Waals surface area contributed by atoms with E-state index in [1.807, 2.05) is 0 Å². The second-order valence-electron chi connectivity index (χ2n) is 6.39. The summed E-state index contributed by atoms with van der Waals surface area (Å²) in [5.74, 6) is -0.593. The number of benzene rings is 1. The number of piperidine rings is 1. The van der Waals surface area contributed by atoms with Gasteiger partial charge in [-0.2, -0.15) is 0 Å². The number of carbonyl (C=O) groups excluding carboxylic acids is 2. The first kappa shape index (κ1) is 20.0. The van der Waals surface area contributed by atoms with E-state index in [9.17, 15) is 9.59 Å². The third-order valence-corrected chi connectivity index (χ3v) is 5.02. The molecule has 0 spiro atoms. The van der Waals surface area contributed by atoms with Crippen molar-refractivity contribution in [2.45, 2.75) is 38.6 Å². The van der Waals surface area contributed by atoms with Crippen LogP contribution < -0.4 is 10.6 Å². The zero-order valence-corrected chi connectivity index (χ0v) is 16.0. The largest absolute Gasteiger partial charge is 0.355 e. The summed E-state index contributed by atoms with van der Waals surface area (Å²) >= 11 is 11.8. The van der Waals surface area contributed by atoms with E-state index in [4.69, 9.17) is 23.2 Å². The highest BCUT2D eigenvalue weighted by molar-refractivity contribution is 6.36. The first-order valence-corrected chi connectivity index (χ1v) is 9.47. The van der Waals surface area contributed by atoms with Crippen molar-refractivity contribution in [3.8, 4) is 0 Å². The van der Waals surface area contributed by atoms with E-state index in [0.717, 1.165) is 19.5 Å². The van der Waals surface area contributed by atoms with Gasteiger partial charge in [-0.15, -0.1) is 0 Å². The molecule has 0 bridgehead atoms. The van der Waals surface area contributed by atoms with Gasteiger partial charge in [-0.05, 0) is 50.9 Å². The van der Waals surface area contributed by atoms with Crippen LogP contribution in [0.5, 0.6) is 0 Å². The molecule has 1 aliphatic rings. The van der Waals surface area contributed by atoms with Gasteiger partial charge in [0.15, 0.2) is 0 Å². The van der Waals surface area contributed by atoms with E-state index in [2.05, 4.69) is 22.5 Å². The molecule has 1 aliphatic heterocycles. The Labute approximate surface area is 159 Å². The van der Waals surface area contributed by atoms with Crippen molar-refractivity contribution in [3.63, 3.8) is 0 Å². The molecular formula is C18H25Cl2N3O2. The van der Waals surface area contributed by atoms with Gasteiger partial charge in [0, 0.05) is 24.2 Å². The highest BCUT2D eigenvalue weighted by atomic mass is 35.5. The smallest absolute Gasteiger partial charge is 0.253 e. The second kappa shape index (κ2) is 10.00. The number of halogens is 2. The molecule has 2 N–H and O–H groups in total. The lowest BCUT2D eigenvalue weighted by Gasteiger charge is -2.33. The van der Waals surface area contributed by atoms with Crippen molar-refractivity contribution in [1.29, 1.82) is 0 Å². The number of rotatable bonds is 7. The van der Waals surface area contributed by atoms with Crippen molar-refractivity contribution in [2.24, 2.45) is 0 Å². The minimum Gasteiger partial charge on any atom is -0.355 e. The van der Waals surface area contributed by atoms with Crippen LogP contribution in [0.15, 0.2) is 18.2 Å². The SMILES string of the molecule is CC1CCCCN1CCCNC(=O)CNC(=O)c1ccc(Cl)cc1Cl. The Morgan fingerprint density at radius 3 is 2.76 bits per heavy atom. The first-order chi connectivity index (χ1) is 12.0. The Hall–Kier alpha value is -1.30. The van der Waals surface area contributed by atoms with Gasteiger partial charge in [-0.1, -0.05) is 29.6 Å². The van der Waals surface area contributed by atoms with Crippen molar-refractivity contribution in [3.05, 3.63) is 33.8 Å². The maximum absolute atomic E-state index is 12.0. The Morgan fingerprint density at radius 1 is 1.24 bits per heavy atom. The molecule has 25 heavy (non-hydrogen) atoms. The van der Waals surface area contributed by atoms with Gasteiger partial charge in [0.1, 0.15) is 0 Å². The molecular weight excluding hydrogens is 361 g/mol. The van der Waals surface area contributed by atoms with Crippen LogP contribution in [0.2, 0.25) is 10.0 Å². The van der Waals surface area contributed by atoms with Crippen molar-refractivity contribution in [2.75, 3.05) is 26.2 Å². The zero-order valence-electron chi connectivity index (χ0n) is 14.5. The van der Waals surface area contributed by atoms with Crippen molar-refractivity contribution in [1.82, 2.24) is 15.5 Å². The molecule has 1 aromatic rings. The topological polar surface area (TPSA) is 61.4 Å². The second-order valence-corrected chi connectivity index (χ2v) is 7.23. The van der Waals surface area contributed by atoms with E-state index >= 15 is 0 Å². The van der Waals surface area contributed by atoms with Gasteiger partial charge in [0.05, 0.1) is 17.1 Å². The van der Waals surface area contributed by atoms with Crippen LogP contribution in [-0.2, 0) is 4.79 Å². The van der Waals surface area contributed by atoms with E-state index < -0.39 is 0 Å². The lowest BCUT2D eigenvalue weighted by atomic mass is 10.0. The maximum atomic E-state index is 12.0. The van der Waals surface area contributed by atoms with Gasteiger partial charge < -0.3 is 15.5 Å². The molecule has 2 rings (SSSR count). The summed E-state index contributed by atoms with van der Waals surface area (Å²) in [6.07, 6.45) is 4.74. The lowest BCUT2D eigenvalue weighted by molar-refractivity contribution is -0.120. The highest BCUT2D eigenvalue weighted by Gasteiger charge is 2.17. The molecule has 0 aliphatic carbocycles. The summed E-state index contributed by atoms with van der Waals surface area (Å²) < 4.78 is 0. The average molecular weight is 386 g/mol. The van der Waals surface area contributed by atoms with Crippen LogP contribution in [0.4, 0.5) is 0 Å². The fraction of sp³-hybridized carbons (Fsp3) is 0.556. The number of carbonyl (C=O) groups is 2. The van der Waals surface area contributed by atoms with Crippen molar-refractivity contribution < 1.29 is 9.59 Å². The molecule has 0 radical (unpaired) electrons. The van der Waals surface area contributed by atoms with Crippen LogP contribution in [0.25, 0.3) is 0 Å². The third kappa shape index (κ3) is 6.49. The standard InChI is InChI=1S/C18H25Cl2N3O2/c1-13-5-2-3-9-23(13)10-4-8-21-17(24)12-22-18(25)15-7-6-14(19)11-16(15)20/h6-7,11,13H,2-5,8-10,12H2,1H3,(H,21,24)(H,22,25). The van der Waals surface area contributed by atoms with Gasteiger partial charge in [-0.25, -0.2) is 0 Å². The molecule has 5 nitrogen and oxygen atoms in total. The fourth-order valence-electron chi connectivity index (χ4n) is 2.99. The van der Waals surface area contributed by atoms with Crippen LogP contribution >= 0.6 is 23.2 Å². The number of amides is 2. The number of hydrogen-bond donors (Lipinski definition) is 2. The summed E-state index contributed by atoms with van der Waals surface area (Å²) in [4.78, 5) is 26.3. The lowest BCUT2D eigenvalue weighted by Crippen LogP contribution is -2.40. The number of hydrogen-bond acceptors (Lipinski definition) is 3. The molecule has 1 unspecified atom stereocenters. The first-order valence-electron chi connectivity index (χ1n) is 8.71. The molecule has 0 saturated carbocycles. The quantitative estimate of drug-likeness (QED) is 0.708. The Bertz CT molecular complexity index is 610. The number of likely N-dealkylation sites (tertiary alicyclic amines) is 1. The predicted molar refractivity (Wildman–Crippen MR) is 101 cm³/mol. The molecule has 1 heterocycles. The summed E-state index contributed by atoms with van der Waals surface area (Å²) in [7, 11) is 0. The van der Waals surface area contributed by atoms with E-state index in [1.54, 1.807) is 6.07 Å². The molecule has 2 amide bonds. The summed E-state index contributed by atoms with van der Waals surface area (Å²) in [6, 6.07) is 5.26. The Balaban J connectivity index is 1.64. The zero-order chi connectivity index (χ0) is 18.2. The highest BCUT2D eigenvalue weighted by Crippen LogP contribution is 2.20. The molecule has 1 atom stereocenters. The Kier molecular flexibility index (Phi) is 8.00. The number of nitrogens with one attached hydrogen (secondary N) is 2. The summed E-state index contributed by atoms with van der Waals surface area (Å²) in [6.45, 7) is 4.94. The molecule has 1 saturated heterocycles. The predicted octanol–water partition coefficient (Wildman–Crippen LogP) is 3.10. The van der Waals surface area contributed by atoms with Crippen LogP contribution in [0, 0.1) is 0 Å². The summed E-state index contributed by atoms with van der Waals surface area (Å²) in [5, 5.41) is 6.13. The molecule has 0 aromatic heterocycles. The minimum atomic E-state index is -0.390. The van der Waals surface area contributed by atoms with Gasteiger partial charge in [-0.3, -0.25) is 9.59 Å². The normalized spacial score (nSPS) is 18.0. The van der Waals surface area contributed by atoms with Crippen LogP contribution in [0.3, 0.4) is 0 Å². The summed E-state index contributed by atoms with van der Waals surface area (Å²) in [5.41, 5.74) is 0.304. The van der Waals surface area contributed by atoms with E-state index in [-0.39, 0.29) is 23.4 Å². The number of nitrogens with zero attached hydrogens (tertiary/aromatic N) is 1. The van der Waals surface area contributed by atoms with E-state index in [1.165, 1.54) is 31.4 Å². The fourth-order valence-corrected chi connectivity index (χ4v) is 3.49. The van der Waals surface area contributed by atoms with Crippen LogP contribution in [-0.4, -0.2) is 48.9 Å². The van der Waals surface area contributed by atoms with Gasteiger partial charge >= 0.3 is 0 Å².